The van der Waals surface area contributed by atoms with Crippen LogP contribution in [0.3, 0.4) is 0 Å². The maximum absolute atomic E-state index is 14.7. The molecule has 0 aliphatic carbocycles. The monoisotopic (exact) mass is 438 g/mol. The van der Waals surface area contributed by atoms with Crippen LogP contribution < -0.4 is 0 Å². The van der Waals surface area contributed by atoms with Gasteiger partial charge in [0.05, 0.1) is 29.7 Å². The molecule has 4 atom stereocenters. The van der Waals surface area contributed by atoms with Gasteiger partial charge in [-0.2, -0.15) is 15.8 Å². The molecule has 31 heavy (non-hydrogen) atoms. The third kappa shape index (κ3) is 2.40. The van der Waals surface area contributed by atoms with Crippen LogP contribution in [-0.4, -0.2) is 11.7 Å². The van der Waals surface area contributed by atoms with Crippen LogP contribution in [0.25, 0.3) is 0 Å². The predicted octanol–water partition coefficient (Wildman–Crippen LogP) is 4.53. The fraction of sp³-hybridized carbons (Fsp3) is 0.500. The summed E-state index contributed by atoms with van der Waals surface area (Å²) in [6.07, 6.45) is -2.05. The Morgan fingerprint density at radius 1 is 0.903 bits per heavy atom. The smallest absolute Gasteiger partial charge is 0.217 e. The number of halogens is 5. The number of rotatable bonds is 4. The highest BCUT2D eigenvalue weighted by molar-refractivity contribution is 5.89. The van der Waals surface area contributed by atoms with E-state index in [9.17, 15) is 37.7 Å². The molecule has 1 aromatic carbocycles. The van der Waals surface area contributed by atoms with Gasteiger partial charge in [0.1, 0.15) is 6.10 Å². The van der Waals surface area contributed by atoms with Crippen LogP contribution in [0, 0.1) is 85.2 Å². The summed E-state index contributed by atoms with van der Waals surface area (Å²) in [5.41, 5.74) is -6.78. The summed E-state index contributed by atoms with van der Waals surface area (Å²) in [7, 11) is 0. The Kier molecular flexibility index (Phi) is 5.20. The van der Waals surface area contributed by atoms with Gasteiger partial charge in [-0.3, -0.25) is 5.41 Å². The fourth-order valence-electron chi connectivity index (χ4n) is 4.78. The standard InChI is InChI=1S/C20H15F5N4O2/c1-3-5-20-9(4-2)19(8-28,17(29)31-20)18(6-26,7-27)16(30-20)10-11(21)13(23)15(25)14(24)12(10)22/h9,16,29H,3-5H2,1-2H3. The van der Waals surface area contributed by atoms with Crippen molar-refractivity contribution in [3.8, 4) is 18.2 Å². The zero-order valence-electron chi connectivity index (χ0n) is 16.3. The van der Waals surface area contributed by atoms with E-state index in [-0.39, 0.29) is 12.8 Å². The molecule has 4 unspecified atom stereocenters. The van der Waals surface area contributed by atoms with Crippen molar-refractivity contribution >= 4 is 5.90 Å². The van der Waals surface area contributed by atoms with E-state index in [1.807, 2.05) is 0 Å². The van der Waals surface area contributed by atoms with Gasteiger partial charge in [0.25, 0.3) is 0 Å². The first-order chi connectivity index (χ1) is 14.6. The number of hydrogen-bond acceptors (Lipinski definition) is 6. The van der Waals surface area contributed by atoms with E-state index in [0.29, 0.717) is 6.42 Å². The zero-order valence-corrected chi connectivity index (χ0v) is 16.3. The zero-order chi connectivity index (χ0) is 23.4. The van der Waals surface area contributed by atoms with Crippen LogP contribution in [0.15, 0.2) is 0 Å². The molecule has 3 rings (SSSR count). The van der Waals surface area contributed by atoms with Crippen molar-refractivity contribution in [2.45, 2.75) is 45.0 Å². The van der Waals surface area contributed by atoms with Gasteiger partial charge in [0.15, 0.2) is 28.7 Å². The molecule has 2 saturated heterocycles. The minimum atomic E-state index is -2.84. The summed E-state index contributed by atoms with van der Waals surface area (Å²) in [5.74, 6) is -15.4. The first-order valence-corrected chi connectivity index (χ1v) is 9.29. The molecule has 0 saturated carbocycles. The molecule has 2 heterocycles. The van der Waals surface area contributed by atoms with Gasteiger partial charge < -0.3 is 9.47 Å². The number of ether oxygens (including phenoxy) is 2. The predicted molar refractivity (Wildman–Crippen MR) is 92.0 cm³/mol. The summed E-state index contributed by atoms with van der Waals surface area (Å²) in [6.45, 7) is 3.25. The number of hydrogen-bond donors (Lipinski definition) is 1. The molecule has 1 N–H and O–H groups in total. The molecule has 2 aliphatic heterocycles. The normalized spacial score (nSPS) is 30.8. The van der Waals surface area contributed by atoms with Crippen LogP contribution in [-0.2, 0) is 9.47 Å². The third-order valence-electron chi connectivity index (χ3n) is 6.06. The minimum absolute atomic E-state index is 0.0316. The van der Waals surface area contributed by atoms with Crippen LogP contribution in [0.5, 0.6) is 0 Å². The highest BCUT2D eigenvalue weighted by Crippen LogP contribution is 2.68. The van der Waals surface area contributed by atoms with Gasteiger partial charge in [-0.15, -0.1) is 0 Å². The molecule has 0 spiro atoms. The van der Waals surface area contributed by atoms with E-state index in [2.05, 4.69) is 0 Å². The number of nitrogens with zero attached hydrogens (tertiary/aromatic N) is 3. The molecular weight excluding hydrogens is 423 g/mol. The minimum Gasteiger partial charge on any atom is -0.447 e. The second-order valence-electron chi connectivity index (χ2n) is 7.39. The highest BCUT2D eigenvalue weighted by atomic mass is 19.2. The topological polar surface area (TPSA) is 114 Å². The quantitative estimate of drug-likeness (QED) is 0.422. The molecule has 2 fully saturated rings. The second kappa shape index (κ2) is 7.18. The van der Waals surface area contributed by atoms with Crippen molar-refractivity contribution in [1.82, 2.24) is 0 Å². The van der Waals surface area contributed by atoms with Gasteiger partial charge in [0.2, 0.25) is 22.9 Å². The van der Waals surface area contributed by atoms with E-state index >= 15 is 0 Å². The van der Waals surface area contributed by atoms with Gasteiger partial charge in [-0.1, -0.05) is 13.8 Å². The third-order valence-corrected chi connectivity index (χ3v) is 6.06. The largest absolute Gasteiger partial charge is 0.447 e. The number of fused-ring (bicyclic) bond motifs is 2. The SMILES string of the molecule is CCCC12OC(=N)C(C#N)(C1CC)C(C#N)(C#N)C(c1c(F)c(F)c(F)c(F)c1F)O2. The molecule has 1 aromatic rings. The van der Waals surface area contributed by atoms with Crippen molar-refractivity contribution in [2.75, 3.05) is 0 Å². The van der Waals surface area contributed by atoms with Crippen molar-refractivity contribution in [3.63, 3.8) is 0 Å². The van der Waals surface area contributed by atoms with Gasteiger partial charge in [-0.05, 0) is 12.8 Å². The summed E-state index contributed by atoms with van der Waals surface area (Å²) in [6, 6.07) is 4.73. The molecule has 2 aliphatic rings. The van der Waals surface area contributed by atoms with E-state index < -0.39 is 69.2 Å². The van der Waals surface area contributed by atoms with Crippen LogP contribution >= 0.6 is 0 Å². The second-order valence-corrected chi connectivity index (χ2v) is 7.39. The summed E-state index contributed by atoms with van der Waals surface area (Å²) >= 11 is 0. The van der Waals surface area contributed by atoms with Gasteiger partial charge >= 0.3 is 0 Å². The lowest BCUT2D eigenvalue weighted by Gasteiger charge is -2.49. The van der Waals surface area contributed by atoms with Gasteiger partial charge in [0, 0.05) is 6.42 Å². The van der Waals surface area contributed by atoms with Crippen LogP contribution in [0.2, 0.25) is 0 Å². The Labute approximate surface area is 173 Å². The molecule has 0 radical (unpaired) electrons. The summed E-state index contributed by atoms with van der Waals surface area (Å²) < 4.78 is 82.1. The maximum Gasteiger partial charge on any atom is 0.217 e. The first-order valence-electron chi connectivity index (χ1n) is 9.29. The molecule has 2 bridgehead atoms. The van der Waals surface area contributed by atoms with Crippen molar-refractivity contribution in [1.29, 1.82) is 21.2 Å². The summed E-state index contributed by atoms with van der Waals surface area (Å²) in [5, 5.41) is 38.2. The lowest BCUT2D eigenvalue weighted by Crippen LogP contribution is -2.59. The fourth-order valence-corrected chi connectivity index (χ4v) is 4.78. The Balaban J connectivity index is 2.47. The summed E-state index contributed by atoms with van der Waals surface area (Å²) in [4.78, 5) is 0. The average molecular weight is 438 g/mol. The highest BCUT2D eigenvalue weighted by Gasteiger charge is 2.80. The molecule has 11 heteroatoms. The molecule has 6 nitrogen and oxygen atoms in total. The van der Waals surface area contributed by atoms with Crippen molar-refractivity contribution in [3.05, 3.63) is 34.6 Å². The Morgan fingerprint density at radius 3 is 1.84 bits per heavy atom. The van der Waals surface area contributed by atoms with Crippen LogP contribution in [0.4, 0.5) is 22.0 Å². The Morgan fingerprint density at radius 2 is 1.42 bits per heavy atom. The molecular formula is C20H15F5N4O2. The lowest BCUT2D eigenvalue weighted by molar-refractivity contribution is -0.287. The first kappa shape index (κ1) is 22.5. The van der Waals surface area contributed by atoms with E-state index in [0.717, 1.165) is 0 Å². The van der Waals surface area contributed by atoms with Crippen molar-refractivity contribution in [2.24, 2.45) is 16.7 Å². The van der Waals surface area contributed by atoms with Crippen LogP contribution in [0.1, 0.15) is 44.8 Å². The Bertz CT molecular complexity index is 1060. The lowest BCUT2D eigenvalue weighted by atomic mass is 9.52. The number of nitriles is 3. The number of benzene rings is 1. The van der Waals surface area contributed by atoms with E-state index in [4.69, 9.17) is 14.9 Å². The average Bonchev–Trinajstić information content (AvgIpc) is 2.95. The number of nitrogens with one attached hydrogen (secondary N) is 1. The van der Waals surface area contributed by atoms with Gasteiger partial charge in [-0.25, -0.2) is 22.0 Å². The Hall–Kier alpha value is -3.23. The van der Waals surface area contributed by atoms with E-state index in [1.54, 1.807) is 19.9 Å². The molecule has 0 aromatic heterocycles. The van der Waals surface area contributed by atoms with Crippen molar-refractivity contribution < 1.29 is 31.4 Å². The molecule has 0 amide bonds. The van der Waals surface area contributed by atoms with E-state index in [1.165, 1.54) is 12.1 Å². The molecule has 162 valence electrons. The maximum atomic E-state index is 14.7.